The molecule has 100 valence electrons. The van der Waals surface area contributed by atoms with E-state index in [4.69, 9.17) is 9.47 Å². The van der Waals surface area contributed by atoms with Gasteiger partial charge in [-0.15, -0.1) is 0 Å². The molecule has 1 aliphatic heterocycles. The van der Waals surface area contributed by atoms with Crippen LogP contribution in [0.1, 0.15) is 13.3 Å². The fourth-order valence-corrected chi connectivity index (χ4v) is 3.48. The summed E-state index contributed by atoms with van der Waals surface area (Å²) >= 11 is 0. The Bertz CT molecular complexity index is 523. The molecule has 1 unspecified atom stereocenters. The van der Waals surface area contributed by atoms with Gasteiger partial charge in [-0.25, -0.2) is 8.42 Å². The van der Waals surface area contributed by atoms with Gasteiger partial charge in [0.25, 0.3) is 0 Å². The molecule has 0 bridgehead atoms. The molecule has 0 saturated carbocycles. The van der Waals surface area contributed by atoms with Crippen LogP contribution in [0.15, 0.2) is 18.2 Å². The summed E-state index contributed by atoms with van der Waals surface area (Å²) in [6, 6.07) is 4.73. The first kappa shape index (κ1) is 13.0. The third kappa shape index (κ3) is 3.07. The second kappa shape index (κ2) is 5.06. The van der Waals surface area contributed by atoms with Crippen molar-refractivity contribution in [1.29, 1.82) is 0 Å². The fraction of sp³-hybridized carbons (Fsp3) is 0.500. The van der Waals surface area contributed by atoms with Crippen molar-refractivity contribution in [2.75, 3.05) is 18.1 Å². The van der Waals surface area contributed by atoms with Crippen molar-refractivity contribution in [3.05, 3.63) is 18.2 Å². The molecule has 1 aromatic rings. The van der Waals surface area contributed by atoms with E-state index < -0.39 is 9.84 Å². The van der Waals surface area contributed by atoms with Crippen molar-refractivity contribution in [2.24, 2.45) is 0 Å². The van der Waals surface area contributed by atoms with Gasteiger partial charge in [0.1, 0.15) is 11.9 Å². The molecule has 0 amide bonds. The number of phenols is 1. The number of rotatable bonds is 4. The predicted molar refractivity (Wildman–Crippen MR) is 67.0 cm³/mol. The third-order valence-electron chi connectivity index (χ3n) is 2.73. The molecule has 1 aromatic carbocycles. The van der Waals surface area contributed by atoms with E-state index in [1.165, 1.54) is 6.07 Å². The molecular weight excluding hydrogens is 256 g/mol. The maximum Gasteiger partial charge on any atom is 0.161 e. The Labute approximate surface area is 106 Å². The smallest absolute Gasteiger partial charge is 0.161 e. The fourth-order valence-electron chi connectivity index (χ4n) is 1.89. The SMILES string of the molecule is CCOc1ccc(OC2CCS(=O)(=O)C2)c(O)c1. The van der Waals surface area contributed by atoms with Gasteiger partial charge in [-0.05, 0) is 25.5 Å². The topological polar surface area (TPSA) is 72.8 Å². The largest absolute Gasteiger partial charge is 0.504 e. The zero-order chi connectivity index (χ0) is 13.2. The second-order valence-corrected chi connectivity index (χ2v) is 6.43. The van der Waals surface area contributed by atoms with Gasteiger partial charge in [0.05, 0.1) is 18.1 Å². The Morgan fingerprint density at radius 3 is 2.78 bits per heavy atom. The van der Waals surface area contributed by atoms with Crippen molar-refractivity contribution in [1.82, 2.24) is 0 Å². The van der Waals surface area contributed by atoms with E-state index in [0.717, 1.165) is 0 Å². The van der Waals surface area contributed by atoms with Gasteiger partial charge in [0.2, 0.25) is 0 Å². The predicted octanol–water partition coefficient (Wildman–Crippen LogP) is 1.36. The Hall–Kier alpha value is -1.43. The average molecular weight is 272 g/mol. The Morgan fingerprint density at radius 1 is 1.44 bits per heavy atom. The lowest BCUT2D eigenvalue weighted by molar-refractivity contribution is 0.218. The van der Waals surface area contributed by atoms with Gasteiger partial charge < -0.3 is 14.6 Å². The molecule has 0 aliphatic carbocycles. The van der Waals surface area contributed by atoms with Gasteiger partial charge in [0.15, 0.2) is 21.3 Å². The molecule has 1 heterocycles. The van der Waals surface area contributed by atoms with Crippen LogP contribution >= 0.6 is 0 Å². The molecule has 0 spiro atoms. The second-order valence-electron chi connectivity index (χ2n) is 4.21. The molecule has 1 fully saturated rings. The number of hydrogen-bond acceptors (Lipinski definition) is 5. The van der Waals surface area contributed by atoms with Crippen LogP contribution in [-0.4, -0.2) is 37.7 Å². The van der Waals surface area contributed by atoms with Crippen molar-refractivity contribution >= 4 is 9.84 Å². The monoisotopic (exact) mass is 272 g/mol. The van der Waals surface area contributed by atoms with Crippen molar-refractivity contribution in [3.8, 4) is 17.2 Å². The molecule has 1 aliphatic rings. The average Bonchev–Trinajstić information content (AvgIpc) is 2.63. The maximum atomic E-state index is 11.3. The van der Waals surface area contributed by atoms with Crippen molar-refractivity contribution < 1.29 is 23.0 Å². The summed E-state index contributed by atoms with van der Waals surface area (Å²) in [7, 11) is -2.98. The zero-order valence-electron chi connectivity index (χ0n) is 10.1. The number of hydrogen-bond donors (Lipinski definition) is 1. The minimum absolute atomic E-state index is 0.0135. The number of benzene rings is 1. The molecule has 2 rings (SSSR count). The highest BCUT2D eigenvalue weighted by Crippen LogP contribution is 2.32. The number of ether oxygens (including phenoxy) is 2. The lowest BCUT2D eigenvalue weighted by Gasteiger charge is -2.14. The molecule has 18 heavy (non-hydrogen) atoms. The van der Waals surface area contributed by atoms with Crippen LogP contribution < -0.4 is 9.47 Å². The van der Waals surface area contributed by atoms with Crippen LogP contribution in [0.3, 0.4) is 0 Å². The first-order valence-electron chi connectivity index (χ1n) is 5.83. The highest BCUT2D eigenvalue weighted by atomic mass is 32.2. The van der Waals surface area contributed by atoms with Gasteiger partial charge in [-0.2, -0.15) is 0 Å². The lowest BCUT2D eigenvalue weighted by Crippen LogP contribution is -2.17. The van der Waals surface area contributed by atoms with Crippen LogP contribution in [0.4, 0.5) is 0 Å². The van der Waals surface area contributed by atoms with Crippen molar-refractivity contribution in [2.45, 2.75) is 19.4 Å². The van der Waals surface area contributed by atoms with Crippen LogP contribution in [0, 0.1) is 0 Å². The van der Waals surface area contributed by atoms with E-state index in [2.05, 4.69) is 0 Å². The van der Waals surface area contributed by atoms with Crippen LogP contribution in [0.2, 0.25) is 0 Å². The van der Waals surface area contributed by atoms with E-state index in [-0.39, 0.29) is 23.4 Å². The molecule has 0 radical (unpaired) electrons. The first-order chi connectivity index (χ1) is 8.50. The third-order valence-corrected chi connectivity index (χ3v) is 4.46. The van der Waals surface area contributed by atoms with Crippen LogP contribution in [-0.2, 0) is 9.84 Å². The quantitative estimate of drug-likeness (QED) is 0.896. The van der Waals surface area contributed by atoms with Crippen LogP contribution in [0.5, 0.6) is 17.2 Å². The van der Waals surface area contributed by atoms with Crippen LogP contribution in [0.25, 0.3) is 0 Å². The number of aromatic hydroxyl groups is 1. The van der Waals surface area contributed by atoms with E-state index >= 15 is 0 Å². The summed E-state index contributed by atoms with van der Waals surface area (Å²) in [5.74, 6) is 0.974. The number of sulfone groups is 1. The summed E-state index contributed by atoms with van der Waals surface area (Å²) in [5.41, 5.74) is 0. The normalized spacial score (nSPS) is 21.7. The standard InChI is InChI=1S/C12H16O5S/c1-2-16-9-3-4-12(11(13)7-9)17-10-5-6-18(14,15)8-10/h3-4,7,10,13H,2,5-6,8H2,1H3. The molecule has 0 aromatic heterocycles. The molecular formula is C12H16O5S. The molecule has 1 saturated heterocycles. The molecule has 1 atom stereocenters. The highest BCUT2D eigenvalue weighted by molar-refractivity contribution is 7.91. The molecule has 6 heteroatoms. The van der Waals surface area contributed by atoms with E-state index in [1.54, 1.807) is 12.1 Å². The zero-order valence-corrected chi connectivity index (χ0v) is 10.9. The lowest BCUT2D eigenvalue weighted by atomic mass is 10.2. The summed E-state index contributed by atoms with van der Waals surface area (Å²) in [6.07, 6.45) is 0.0912. The van der Waals surface area contributed by atoms with E-state index in [9.17, 15) is 13.5 Å². The Morgan fingerprint density at radius 2 is 2.22 bits per heavy atom. The van der Waals surface area contributed by atoms with Gasteiger partial charge in [-0.3, -0.25) is 0 Å². The minimum atomic E-state index is -2.98. The minimum Gasteiger partial charge on any atom is -0.504 e. The van der Waals surface area contributed by atoms with Gasteiger partial charge in [0, 0.05) is 6.07 Å². The summed E-state index contributed by atoms with van der Waals surface area (Å²) in [4.78, 5) is 0. The Balaban J connectivity index is 2.06. The Kier molecular flexibility index (Phi) is 3.65. The summed E-state index contributed by atoms with van der Waals surface area (Å²) in [6.45, 7) is 2.37. The summed E-state index contributed by atoms with van der Waals surface area (Å²) in [5, 5.41) is 9.75. The number of phenolic OH excluding ortho intramolecular Hbond substituents is 1. The summed E-state index contributed by atoms with van der Waals surface area (Å²) < 4.78 is 33.3. The van der Waals surface area contributed by atoms with Crippen molar-refractivity contribution in [3.63, 3.8) is 0 Å². The van der Waals surface area contributed by atoms with E-state index in [0.29, 0.717) is 24.5 Å². The maximum absolute atomic E-state index is 11.3. The molecule has 5 nitrogen and oxygen atoms in total. The van der Waals surface area contributed by atoms with E-state index in [1.807, 2.05) is 6.92 Å². The highest BCUT2D eigenvalue weighted by Gasteiger charge is 2.29. The van der Waals surface area contributed by atoms with Gasteiger partial charge in [-0.1, -0.05) is 0 Å². The molecule has 1 N–H and O–H groups in total. The van der Waals surface area contributed by atoms with Gasteiger partial charge >= 0.3 is 0 Å². The first-order valence-corrected chi connectivity index (χ1v) is 7.65.